The molecule has 10 nitrogen and oxygen atoms in total. The van der Waals surface area contributed by atoms with Gasteiger partial charge in [0.1, 0.15) is 48.6 Å². The SMILES string of the molecule is N#CC(C#N)=C1/C(=C/c2cc3sc4c(c3s2)C(C(=O)OCc2ccccc2)(C(=O)OCc2ccccc2)c2c-4sc3cc(/C=C4/C(=O)c5cc(F)c(F)cc5C4=C(C#N)C#N)sc23)C(=O)c2cc(F)c(F)cc21. The molecular formula is C55H22F4N4O6S4. The molecule has 0 fully saturated rings. The quantitative estimate of drug-likeness (QED) is 0.0467. The van der Waals surface area contributed by atoms with E-state index >= 15 is 9.59 Å². The second kappa shape index (κ2) is 17.8. The van der Waals surface area contributed by atoms with Gasteiger partial charge in [-0.1, -0.05) is 60.7 Å². The smallest absolute Gasteiger partial charge is 0.333 e. The minimum absolute atomic E-state index is 0.138. The molecule has 0 atom stereocenters. The first-order chi connectivity index (χ1) is 35.3. The lowest BCUT2D eigenvalue weighted by molar-refractivity contribution is -0.164. The first kappa shape index (κ1) is 46.5. The highest BCUT2D eigenvalue weighted by Crippen LogP contribution is 2.64. The molecule has 18 heteroatoms. The van der Waals surface area contributed by atoms with Crippen LogP contribution in [0.5, 0.6) is 0 Å². The lowest BCUT2D eigenvalue weighted by Crippen LogP contribution is -2.45. The summed E-state index contributed by atoms with van der Waals surface area (Å²) in [4.78, 5) is 60.6. The first-order valence-electron chi connectivity index (χ1n) is 21.5. The Morgan fingerprint density at radius 3 is 1.23 bits per heavy atom. The van der Waals surface area contributed by atoms with Gasteiger partial charge in [-0.2, -0.15) is 21.0 Å². The summed E-state index contributed by atoms with van der Waals surface area (Å²) in [5.41, 5.74) is -3.29. The van der Waals surface area contributed by atoms with Crippen LogP contribution >= 0.6 is 45.3 Å². The number of rotatable bonds is 8. The molecule has 8 aromatic rings. The summed E-state index contributed by atoms with van der Waals surface area (Å²) in [5, 5.41) is 39.7. The Morgan fingerprint density at radius 2 is 0.877 bits per heavy atom. The minimum Gasteiger partial charge on any atom is -0.459 e. The summed E-state index contributed by atoms with van der Waals surface area (Å²) in [6.45, 7) is -0.527. The van der Waals surface area contributed by atoms with E-state index in [1.54, 1.807) is 97.1 Å². The number of Topliss-reactive ketones (excluding diaryl/α,β-unsaturated/α-hetero) is 2. The number of halogens is 4. The fourth-order valence-electron chi connectivity index (χ4n) is 9.30. The van der Waals surface area contributed by atoms with Crippen molar-refractivity contribution in [3.8, 4) is 34.0 Å². The minimum atomic E-state index is -2.35. The number of nitriles is 4. The number of ketones is 2. The van der Waals surface area contributed by atoms with Crippen molar-refractivity contribution in [2.75, 3.05) is 0 Å². The van der Waals surface area contributed by atoms with Gasteiger partial charge in [0.2, 0.25) is 5.41 Å². The van der Waals surface area contributed by atoms with Crippen LogP contribution in [0.3, 0.4) is 0 Å². The number of hydrogen-bond donors (Lipinski definition) is 0. The number of fused-ring (bicyclic) bond motifs is 9. The molecule has 0 radical (unpaired) electrons. The Bertz CT molecular complexity index is 3870. The Labute approximate surface area is 425 Å². The van der Waals surface area contributed by atoms with Gasteiger partial charge in [0, 0.05) is 63.7 Å². The van der Waals surface area contributed by atoms with E-state index in [-0.39, 0.29) is 68.9 Å². The van der Waals surface area contributed by atoms with Crippen LogP contribution in [-0.2, 0) is 37.7 Å². The topological polar surface area (TPSA) is 182 Å². The second-order valence-corrected chi connectivity index (χ2v) is 20.8. The van der Waals surface area contributed by atoms with Crippen molar-refractivity contribution in [3.05, 3.63) is 197 Å². The van der Waals surface area contributed by atoms with Crippen LogP contribution in [0.2, 0.25) is 0 Å². The van der Waals surface area contributed by atoms with Crippen molar-refractivity contribution >= 4 is 111 Å². The van der Waals surface area contributed by atoms with Crippen molar-refractivity contribution in [3.63, 3.8) is 0 Å². The first-order valence-corrected chi connectivity index (χ1v) is 24.7. The maximum absolute atomic E-state index is 15.5. The number of hydrogen-bond acceptors (Lipinski definition) is 14. The van der Waals surface area contributed by atoms with Crippen LogP contribution < -0.4 is 0 Å². The van der Waals surface area contributed by atoms with Crippen LogP contribution in [-0.4, -0.2) is 23.5 Å². The van der Waals surface area contributed by atoms with Gasteiger partial charge < -0.3 is 9.47 Å². The van der Waals surface area contributed by atoms with Crippen LogP contribution in [0.4, 0.5) is 17.6 Å². The van der Waals surface area contributed by atoms with Gasteiger partial charge in [0.05, 0.1) is 19.2 Å². The molecule has 73 heavy (non-hydrogen) atoms. The molecule has 3 aliphatic rings. The molecular weight excluding hydrogens is 1020 g/mol. The average Bonchev–Trinajstić information content (AvgIpc) is 4.28. The Morgan fingerprint density at radius 1 is 0.521 bits per heavy atom. The highest BCUT2D eigenvalue weighted by atomic mass is 32.1. The van der Waals surface area contributed by atoms with Crippen LogP contribution in [0, 0.1) is 68.6 Å². The van der Waals surface area contributed by atoms with E-state index in [0.717, 1.165) is 34.8 Å². The van der Waals surface area contributed by atoms with Crippen molar-refractivity contribution < 1.29 is 46.2 Å². The highest BCUT2D eigenvalue weighted by molar-refractivity contribution is 7.35. The van der Waals surface area contributed by atoms with Crippen molar-refractivity contribution in [1.29, 1.82) is 21.0 Å². The normalized spacial score (nSPS) is 14.9. The summed E-state index contributed by atoms with van der Waals surface area (Å²) < 4.78 is 72.6. The highest BCUT2D eigenvalue weighted by Gasteiger charge is 2.62. The monoisotopic (exact) mass is 1040 g/mol. The van der Waals surface area contributed by atoms with Crippen LogP contribution in [0.1, 0.15) is 63.9 Å². The van der Waals surface area contributed by atoms with E-state index in [1.165, 1.54) is 34.8 Å². The lowest BCUT2D eigenvalue weighted by atomic mass is 9.79. The van der Waals surface area contributed by atoms with Gasteiger partial charge in [-0.05, 0) is 70.8 Å². The number of allylic oxidation sites excluding steroid dienone is 6. The van der Waals surface area contributed by atoms with Crippen molar-refractivity contribution in [2.45, 2.75) is 18.6 Å². The summed E-state index contributed by atoms with van der Waals surface area (Å²) in [6, 6.07) is 30.8. The third-order valence-electron chi connectivity index (χ3n) is 12.5. The predicted molar refractivity (Wildman–Crippen MR) is 265 cm³/mol. The van der Waals surface area contributed by atoms with E-state index in [4.69, 9.17) is 9.47 Å². The maximum Gasteiger partial charge on any atom is 0.333 e. The molecule has 3 aliphatic carbocycles. The van der Waals surface area contributed by atoms with Gasteiger partial charge in [0.15, 0.2) is 34.8 Å². The van der Waals surface area contributed by atoms with Gasteiger partial charge in [-0.3, -0.25) is 19.2 Å². The zero-order valence-corrected chi connectivity index (χ0v) is 40.0. The van der Waals surface area contributed by atoms with E-state index in [1.807, 2.05) is 0 Å². The number of carbonyl (C=O) groups excluding carboxylic acids is 4. The average molecular weight is 1040 g/mol. The molecule has 0 unspecified atom stereocenters. The zero-order valence-electron chi connectivity index (χ0n) is 36.7. The third kappa shape index (κ3) is 7.19. The van der Waals surface area contributed by atoms with E-state index < -0.39 is 63.3 Å². The van der Waals surface area contributed by atoms with Gasteiger partial charge >= 0.3 is 11.9 Å². The molecule has 0 bridgehead atoms. The van der Waals surface area contributed by atoms with Gasteiger partial charge in [-0.25, -0.2) is 17.6 Å². The molecule has 0 spiro atoms. The number of ether oxygens (including phenoxy) is 2. The molecule has 0 saturated carbocycles. The molecule has 0 saturated heterocycles. The van der Waals surface area contributed by atoms with E-state index in [2.05, 4.69) is 0 Å². The number of esters is 2. The standard InChI is InChI=1S/C55H22F4N4O6S4/c56-37-15-31-33(17-39(37)58)47(64)35(43(31)27(19-60)20-61)11-29-13-41-49(70-29)45-51(72-41)52-46(55(45,53(66)68-23-25-7-3-1-4-8-25)54(67)69-24-26-9-5-2-6-10-26)50-42(73-52)14-30(71-50)12-36-44(28(21-62)22-63)32-16-38(57)40(59)18-34(32)48(36)65/h1-18H,23-24H2/b35-11-,36-12+. The van der Waals surface area contributed by atoms with Gasteiger partial charge in [-0.15, -0.1) is 45.3 Å². The second-order valence-electron chi connectivity index (χ2n) is 16.5. The van der Waals surface area contributed by atoms with E-state index in [9.17, 15) is 48.2 Å². The summed E-state index contributed by atoms with van der Waals surface area (Å²) in [7, 11) is 0. The van der Waals surface area contributed by atoms with Crippen LogP contribution in [0.25, 0.3) is 51.9 Å². The van der Waals surface area contributed by atoms with Crippen molar-refractivity contribution in [1.82, 2.24) is 0 Å². The largest absolute Gasteiger partial charge is 0.459 e. The number of thiophene rings is 4. The van der Waals surface area contributed by atoms with Crippen molar-refractivity contribution in [2.24, 2.45) is 0 Å². The number of carbonyl (C=O) groups is 4. The molecule has 4 aromatic heterocycles. The molecule has 0 N–H and O–H groups in total. The third-order valence-corrected chi connectivity index (χ3v) is 17.4. The number of benzene rings is 4. The molecule has 350 valence electrons. The molecule has 4 heterocycles. The summed E-state index contributed by atoms with van der Waals surface area (Å²) in [5.74, 6) is -8.74. The summed E-state index contributed by atoms with van der Waals surface area (Å²) >= 11 is 4.59. The Kier molecular flexibility index (Phi) is 11.3. The summed E-state index contributed by atoms with van der Waals surface area (Å²) in [6.07, 6.45) is 2.77. The molecule has 11 rings (SSSR count). The fourth-order valence-corrected chi connectivity index (χ4v) is 14.8. The predicted octanol–water partition coefficient (Wildman–Crippen LogP) is 12.7. The molecule has 4 aromatic carbocycles. The number of nitrogens with zero attached hydrogens (tertiary/aromatic N) is 4. The van der Waals surface area contributed by atoms with Crippen LogP contribution in [0.15, 0.2) is 119 Å². The molecule has 0 amide bonds. The Balaban J connectivity index is 1.12. The zero-order chi connectivity index (χ0) is 51.0. The Hall–Kier alpha value is -8.88. The fraction of sp³-hybridized carbons (Fsp3) is 0.0545. The lowest BCUT2D eigenvalue weighted by Gasteiger charge is -2.27. The maximum atomic E-state index is 15.5. The molecule has 0 aliphatic heterocycles. The van der Waals surface area contributed by atoms with E-state index in [0.29, 0.717) is 61.6 Å². The van der Waals surface area contributed by atoms with Gasteiger partial charge in [0.25, 0.3) is 0 Å².